The Labute approximate surface area is 102 Å². The highest BCUT2D eigenvalue weighted by molar-refractivity contribution is 6.30. The Balaban J connectivity index is 0.00000225. The first kappa shape index (κ1) is 15.6. The predicted molar refractivity (Wildman–Crippen MR) is 55.6 cm³/mol. The van der Waals surface area contributed by atoms with Crippen LogP contribution in [0.5, 0.6) is 0 Å². The van der Waals surface area contributed by atoms with Gasteiger partial charge in [0.25, 0.3) is 0 Å². The molecule has 1 fully saturated rings. The second-order valence-corrected chi connectivity index (χ2v) is 4.58. The van der Waals surface area contributed by atoms with Gasteiger partial charge in [0.1, 0.15) is 5.03 Å². The van der Waals surface area contributed by atoms with Crippen molar-refractivity contribution in [2.24, 2.45) is 17.3 Å². The summed E-state index contributed by atoms with van der Waals surface area (Å²) in [4.78, 5) is 10.7. The lowest BCUT2D eigenvalue weighted by Crippen LogP contribution is -2.07. The standard InChI is InChI=1S/C9H10ClF3O2.ClH/c1-8(2)4(6(8)7(14)15)3-5(10)9(11,12)13;/h3-4,6H,1-2H3,(H,14,15);1H/b5-3-;/t4-,6-;/m1./s1. The Morgan fingerprint density at radius 2 is 1.88 bits per heavy atom. The molecular weight excluding hydrogens is 268 g/mol. The average molecular weight is 279 g/mol. The predicted octanol–water partition coefficient (Wildman–Crippen LogP) is 3.45. The van der Waals surface area contributed by atoms with Crippen LogP contribution in [0.15, 0.2) is 11.1 Å². The van der Waals surface area contributed by atoms with Gasteiger partial charge < -0.3 is 5.11 Å². The van der Waals surface area contributed by atoms with Crippen molar-refractivity contribution < 1.29 is 23.1 Å². The van der Waals surface area contributed by atoms with E-state index < -0.39 is 34.4 Å². The lowest BCUT2D eigenvalue weighted by atomic mass is 10.1. The fourth-order valence-electron chi connectivity index (χ4n) is 1.71. The summed E-state index contributed by atoms with van der Waals surface area (Å²) < 4.78 is 36.2. The summed E-state index contributed by atoms with van der Waals surface area (Å²) in [6, 6.07) is 0. The monoisotopic (exact) mass is 278 g/mol. The number of carboxylic acid groups (broad SMARTS) is 1. The van der Waals surface area contributed by atoms with Gasteiger partial charge in [-0.1, -0.05) is 31.5 Å². The number of aliphatic carboxylic acids is 1. The van der Waals surface area contributed by atoms with E-state index in [1.165, 1.54) is 0 Å². The van der Waals surface area contributed by atoms with Gasteiger partial charge in [-0.3, -0.25) is 4.79 Å². The van der Waals surface area contributed by atoms with Gasteiger partial charge >= 0.3 is 12.1 Å². The summed E-state index contributed by atoms with van der Waals surface area (Å²) >= 11 is 5.03. The molecule has 0 aliphatic heterocycles. The molecule has 94 valence electrons. The topological polar surface area (TPSA) is 37.3 Å². The van der Waals surface area contributed by atoms with Gasteiger partial charge in [0.15, 0.2) is 0 Å². The van der Waals surface area contributed by atoms with Gasteiger partial charge in [-0.25, -0.2) is 0 Å². The zero-order valence-corrected chi connectivity index (χ0v) is 10.1. The van der Waals surface area contributed by atoms with Crippen molar-refractivity contribution in [2.75, 3.05) is 0 Å². The van der Waals surface area contributed by atoms with Crippen molar-refractivity contribution in [3.05, 3.63) is 11.1 Å². The number of carbonyl (C=O) groups is 1. The van der Waals surface area contributed by atoms with E-state index in [2.05, 4.69) is 0 Å². The molecule has 0 aromatic heterocycles. The van der Waals surface area contributed by atoms with Crippen molar-refractivity contribution >= 4 is 30.0 Å². The second kappa shape index (κ2) is 4.45. The maximum absolute atomic E-state index is 12.1. The molecule has 1 aliphatic carbocycles. The fraction of sp³-hybridized carbons (Fsp3) is 0.667. The van der Waals surface area contributed by atoms with Crippen molar-refractivity contribution in [1.29, 1.82) is 0 Å². The molecule has 1 aliphatic rings. The molecule has 1 rings (SSSR count). The molecule has 7 heteroatoms. The Hall–Kier alpha value is -0.420. The molecule has 1 N–H and O–H groups in total. The number of allylic oxidation sites excluding steroid dienone is 2. The lowest BCUT2D eigenvalue weighted by Gasteiger charge is -2.04. The van der Waals surface area contributed by atoms with Crippen LogP contribution in [0.25, 0.3) is 0 Å². The van der Waals surface area contributed by atoms with Gasteiger partial charge in [0.2, 0.25) is 0 Å². The summed E-state index contributed by atoms with van der Waals surface area (Å²) in [7, 11) is 0. The average Bonchev–Trinajstić information content (AvgIpc) is 2.50. The first-order valence-electron chi connectivity index (χ1n) is 4.26. The van der Waals surface area contributed by atoms with Crippen LogP contribution >= 0.6 is 24.0 Å². The molecule has 0 heterocycles. The number of halogens is 5. The Morgan fingerprint density at radius 3 is 2.12 bits per heavy atom. The third-order valence-corrected chi connectivity index (χ3v) is 3.11. The van der Waals surface area contributed by atoms with Gasteiger partial charge in [0.05, 0.1) is 5.92 Å². The summed E-state index contributed by atoms with van der Waals surface area (Å²) in [5, 5.41) is 7.48. The van der Waals surface area contributed by atoms with Crippen molar-refractivity contribution in [3.63, 3.8) is 0 Å². The molecule has 0 saturated heterocycles. The summed E-state index contributed by atoms with van der Waals surface area (Å²) in [6.07, 6.45) is -3.80. The van der Waals surface area contributed by atoms with Crippen molar-refractivity contribution in [3.8, 4) is 0 Å². The lowest BCUT2D eigenvalue weighted by molar-refractivity contribution is -0.139. The maximum atomic E-state index is 12.1. The number of carboxylic acids is 1. The Kier molecular flexibility index (Phi) is 4.33. The van der Waals surface area contributed by atoms with E-state index >= 15 is 0 Å². The largest absolute Gasteiger partial charge is 0.481 e. The molecule has 0 unspecified atom stereocenters. The van der Waals surface area contributed by atoms with E-state index in [4.69, 9.17) is 16.7 Å². The summed E-state index contributed by atoms with van der Waals surface area (Å²) in [5.41, 5.74) is -0.656. The summed E-state index contributed by atoms with van der Waals surface area (Å²) in [5.74, 6) is -2.52. The van der Waals surface area contributed by atoms with Gasteiger partial charge in [-0.15, -0.1) is 12.4 Å². The van der Waals surface area contributed by atoms with Crippen molar-refractivity contribution in [1.82, 2.24) is 0 Å². The van der Waals surface area contributed by atoms with Crippen LogP contribution in [0, 0.1) is 17.3 Å². The zero-order valence-electron chi connectivity index (χ0n) is 8.51. The van der Waals surface area contributed by atoms with Crippen LogP contribution in [0.1, 0.15) is 13.8 Å². The highest BCUT2D eigenvalue weighted by atomic mass is 35.5. The normalized spacial score (nSPS) is 28.2. The molecule has 0 aromatic rings. The van der Waals surface area contributed by atoms with Crippen molar-refractivity contribution in [2.45, 2.75) is 20.0 Å². The first-order valence-corrected chi connectivity index (χ1v) is 4.63. The van der Waals surface area contributed by atoms with Crippen LogP contribution < -0.4 is 0 Å². The Morgan fingerprint density at radius 1 is 1.44 bits per heavy atom. The molecule has 1 saturated carbocycles. The number of alkyl halides is 3. The van der Waals surface area contributed by atoms with E-state index in [1.807, 2.05) is 0 Å². The summed E-state index contributed by atoms with van der Waals surface area (Å²) in [6.45, 7) is 3.21. The quantitative estimate of drug-likeness (QED) is 0.840. The number of hydrogen-bond donors (Lipinski definition) is 1. The van der Waals surface area contributed by atoms with Crippen LogP contribution in [0.3, 0.4) is 0 Å². The minimum Gasteiger partial charge on any atom is -0.481 e. The third kappa shape index (κ3) is 2.83. The highest BCUT2D eigenvalue weighted by Gasteiger charge is 2.61. The maximum Gasteiger partial charge on any atom is 0.426 e. The number of hydrogen-bond acceptors (Lipinski definition) is 1. The molecular formula is C9H11Cl2F3O2. The molecule has 0 bridgehead atoms. The van der Waals surface area contributed by atoms with E-state index in [0.717, 1.165) is 6.08 Å². The van der Waals surface area contributed by atoms with E-state index in [9.17, 15) is 18.0 Å². The molecule has 0 amide bonds. The van der Waals surface area contributed by atoms with Gasteiger partial charge in [0, 0.05) is 0 Å². The van der Waals surface area contributed by atoms with Crippen LogP contribution in [0.4, 0.5) is 13.2 Å². The number of rotatable bonds is 2. The molecule has 16 heavy (non-hydrogen) atoms. The van der Waals surface area contributed by atoms with Crippen LogP contribution in [0.2, 0.25) is 0 Å². The Bertz CT molecular complexity index is 323. The molecule has 2 atom stereocenters. The minimum absolute atomic E-state index is 0. The third-order valence-electron chi connectivity index (χ3n) is 2.77. The van der Waals surface area contributed by atoms with E-state index in [-0.39, 0.29) is 12.4 Å². The fourth-order valence-corrected chi connectivity index (χ4v) is 1.85. The first-order chi connectivity index (χ1) is 6.58. The molecule has 0 spiro atoms. The molecule has 2 nitrogen and oxygen atoms in total. The van der Waals surface area contributed by atoms with Gasteiger partial charge in [-0.2, -0.15) is 13.2 Å². The van der Waals surface area contributed by atoms with E-state index in [1.54, 1.807) is 13.8 Å². The molecule has 0 aromatic carbocycles. The highest BCUT2D eigenvalue weighted by Crippen LogP contribution is 2.60. The van der Waals surface area contributed by atoms with Gasteiger partial charge in [-0.05, 0) is 11.3 Å². The zero-order chi connectivity index (χ0) is 12.0. The van der Waals surface area contributed by atoms with E-state index in [0.29, 0.717) is 0 Å². The minimum atomic E-state index is -4.59. The molecule has 0 radical (unpaired) electrons. The van der Waals surface area contributed by atoms with Crippen LogP contribution in [-0.2, 0) is 4.79 Å². The second-order valence-electron chi connectivity index (χ2n) is 4.18. The van der Waals surface area contributed by atoms with Crippen LogP contribution in [-0.4, -0.2) is 17.3 Å². The smallest absolute Gasteiger partial charge is 0.426 e. The SMILES string of the molecule is CC1(C)[C@H](/C=C(\Cl)C(F)(F)F)[C@@H]1C(=O)O.Cl.